The highest BCUT2D eigenvalue weighted by Crippen LogP contribution is 2.31. The Balaban J connectivity index is 1.41. The molecule has 0 bridgehead atoms. The Kier molecular flexibility index (Phi) is 5.74. The number of carbonyl (C=O) groups is 2. The zero-order valence-electron chi connectivity index (χ0n) is 16.4. The number of hydrogen-bond acceptors (Lipinski definition) is 4. The molecule has 2 fully saturated rings. The smallest absolute Gasteiger partial charge is 0.229 e. The minimum absolute atomic E-state index is 0.0327. The van der Waals surface area contributed by atoms with Crippen molar-refractivity contribution in [2.24, 2.45) is 5.92 Å². The van der Waals surface area contributed by atoms with Gasteiger partial charge in [-0.25, -0.2) is 0 Å². The van der Waals surface area contributed by atoms with Gasteiger partial charge in [0.15, 0.2) is 0 Å². The molecule has 0 radical (unpaired) electrons. The van der Waals surface area contributed by atoms with Crippen molar-refractivity contribution in [3.63, 3.8) is 0 Å². The standard InChI is InChI=1S/C22H24ClN3O3/c1-15-2-5-18(6-3-15)26-14-16(12-21(26)27)22(28)24-17-4-7-20(19(23)13-17)25-8-10-29-11-9-25/h2-7,13,16H,8-12,14H2,1H3,(H,24,28)/t16-/m1/s1. The third kappa shape index (κ3) is 4.38. The van der Waals surface area contributed by atoms with Gasteiger partial charge >= 0.3 is 0 Å². The molecule has 2 aromatic carbocycles. The van der Waals surface area contributed by atoms with Crippen LogP contribution in [0.2, 0.25) is 5.02 Å². The van der Waals surface area contributed by atoms with Crippen LogP contribution in [0, 0.1) is 12.8 Å². The summed E-state index contributed by atoms with van der Waals surface area (Å²) in [5.74, 6) is -0.584. The lowest BCUT2D eigenvalue weighted by molar-refractivity contribution is -0.122. The number of nitrogens with zero attached hydrogens (tertiary/aromatic N) is 2. The van der Waals surface area contributed by atoms with Crippen LogP contribution in [-0.2, 0) is 14.3 Å². The van der Waals surface area contributed by atoms with Gasteiger partial charge in [0.05, 0.1) is 29.8 Å². The number of rotatable bonds is 4. The number of anilines is 3. The lowest BCUT2D eigenvalue weighted by Crippen LogP contribution is -2.36. The maximum Gasteiger partial charge on any atom is 0.229 e. The highest BCUT2D eigenvalue weighted by molar-refractivity contribution is 6.33. The normalized spacial score (nSPS) is 19.5. The first-order valence-electron chi connectivity index (χ1n) is 9.81. The molecule has 0 spiro atoms. The fourth-order valence-electron chi connectivity index (χ4n) is 3.75. The lowest BCUT2D eigenvalue weighted by atomic mass is 10.1. The number of amides is 2. The quantitative estimate of drug-likeness (QED) is 0.833. The molecular formula is C22H24ClN3O3. The van der Waals surface area contributed by atoms with Gasteiger partial charge in [-0.15, -0.1) is 0 Å². The molecule has 0 saturated carbocycles. The number of hydrogen-bond donors (Lipinski definition) is 1. The average molecular weight is 414 g/mol. The third-order valence-corrected chi connectivity index (χ3v) is 5.71. The second kappa shape index (κ2) is 8.43. The summed E-state index contributed by atoms with van der Waals surface area (Å²) in [6.07, 6.45) is 0.208. The summed E-state index contributed by atoms with van der Waals surface area (Å²) in [5.41, 5.74) is 3.54. The molecule has 2 heterocycles. The fourth-order valence-corrected chi connectivity index (χ4v) is 4.05. The number of carbonyl (C=O) groups excluding carboxylic acids is 2. The van der Waals surface area contributed by atoms with E-state index in [4.69, 9.17) is 16.3 Å². The Morgan fingerprint density at radius 3 is 2.55 bits per heavy atom. The van der Waals surface area contributed by atoms with Crippen LogP contribution in [0.4, 0.5) is 17.1 Å². The zero-order valence-corrected chi connectivity index (χ0v) is 17.1. The van der Waals surface area contributed by atoms with Crippen LogP contribution in [0.3, 0.4) is 0 Å². The summed E-state index contributed by atoms with van der Waals surface area (Å²) in [4.78, 5) is 29.0. The Morgan fingerprint density at radius 2 is 1.86 bits per heavy atom. The zero-order chi connectivity index (χ0) is 20.4. The minimum Gasteiger partial charge on any atom is -0.378 e. The van der Waals surface area contributed by atoms with E-state index in [0.717, 1.165) is 30.0 Å². The summed E-state index contributed by atoms with van der Waals surface area (Å²) in [6, 6.07) is 13.3. The van der Waals surface area contributed by atoms with E-state index >= 15 is 0 Å². The number of morpholine rings is 1. The maximum atomic E-state index is 12.7. The van der Waals surface area contributed by atoms with Crippen molar-refractivity contribution in [2.75, 3.05) is 48.0 Å². The van der Waals surface area contributed by atoms with Gasteiger partial charge in [0, 0.05) is 37.4 Å². The first kappa shape index (κ1) is 19.7. The van der Waals surface area contributed by atoms with Gasteiger partial charge in [0.25, 0.3) is 0 Å². The van der Waals surface area contributed by atoms with Crippen molar-refractivity contribution in [1.29, 1.82) is 0 Å². The van der Waals surface area contributed by atoms with Crippen molar-refractivity contribution in [3.8, 4) is 0 Å². The molecule has 2 aromatic rings. The number of halogens is 1. The molecule has 29 heavy (non-hydrogen) atoms. The third-order valence-electron chi connectivity index (χ3n) is 5.41. The highest BCUT2D eigenvalue weighted by Gasteiger charge is 2.35. The molecule has 1 N–H and O–H groups in total. The lowest BCUT2D eigenvalue weighted by Gasteiger charge is -2.29. The largest absolute Gasteiger partial charge is 0.378 e. The second-order valence-corrected chi connectivity index (χ2v) is 7.90. The maximum absolute atomic E-state index is 12.7. The van der Waals surface area contributed by atoms with Gasteiger partial charge in [-0.3, -0.25) is 9.59 Å². The Labute approximate surface area is 175 Å². The molecule has 0 unspecified atom stereocenters. The highest BCUT2D eigenvalue weighted by atomic mass is 35.5. The molecular weight excluding hydrogens is 390 g/mol. The van der Waals surface area contributed by atoms with E-state index in [2.05, 4.69) is 10.2 Å². The van der Waals surface area contributed by atoms with Crippen LogP contribution >= 0.6 is 11.6 Å². The van der Waals surface area contributed by atoms with Gasteiger partial charge in [-0.1, -0.05) is 29.3 Å². The Bertz CT molecular complexity index is 910. The van der Waals surface area contributed by atoms with E-state index in [9.17, 15) is 9.59 Å². The molecule has 2 amide bonds. The second-order valence-electron chi connectivity index (χ2n) is 7.50. The topological polar surface area (TPSA) is 61.9 Å². The van der Waals surface area contributed by atoms with E-state index in [1.165, 1.54) is 0 Å². The van der Waals surface area contributed by atoms with E-state index in [1.54, 1.807) is 11.0 Å². The molecule has 6 nitrogen and oxygen atoms in total. The van der Waals surface area contributed by atoms with Crippen molar-refractivity contribution < 1.29 is 14.3 Å². The molecule has 7 heteroatoms. The van der Waals surface area contributed by atoms with Gasteiger partial charge in [-0.2, -0.15) is 0 Å². The van der Waals surface area contributed by atoms with Crippen LogP contribution < -0.4 is 15.1 Å². The summed E-state index contributed by atoms with van der Waals surface area (Å²) in [6.45, 7) is 5.34. The average Bonchev–Trinajstić information content (AvgIpc) is 3.11. The number of benzene rings is 2. The van der Waals surface area contributed by atoms with Gasteiger partial charge in [-0.05, 0) is 37.3 Å². The molecule has 1 atom stereocenters. The Hall–Kier alpha value is -2.57. The SMILES string of the molecule is Cc1ccc(N2C[C@H](C(=O)Nc3ccc(N4CCOCC4)c(Cl)c3)CC2=O)cc1. The van der Waals surface area contributed by atoms with Crippen molar-refractivity contribution >= 4 is 40.5 Å². The van der Waals surface area contributed by atoms with E-state index in [-0.39, 0.29) is 24.2 Å². The summed E-state index contributed by atoms with van der Waals surface area (Å²) >= 11 is 6.45. The first-order valence-corrected chi connectivity index (χ1v) is 10.2. The van der Waals surface area contributed by atoms with Crippen LogP contribution in [0.1, 0.15) is 12.0 Å². The monoisotopic (exact) mass is 413 g/mol. The van der Waals surface area contributed by atoms with Crippen molar-refractivity contribution in [1.82, 2.24) is 0 Å². The number of ether oxygens (including phenoxy) is 1. The molecule has 2 aliphatic rings. The number of nitrogens with one attached hydrogen (secondary N) is 1. The first-order chi connectivity index (χ1) is 14.0. The molecule has 152 valence electrons. The summed E-state index contributed by atoms with van der Waals surface area (Å²) in [5, 5.41) is 3.50. The van der Waals surface area contributed by atoms with Gasteiger partial charge in [0.2, 0.25) is 11.8 Å². The molecule has 0 aromatic heterocycles. The van der Waals surface area contributed by atoms with Gasteiger partial charge in [0.1, 0.15) is 0 Å². The molecule has 4 rings (SSSR count). The molecule has 2 saturated heterocycles. The fraction of sp³-hybridized carbons (Fsp3) is 0.364. The summed E-state index contributed by atoms with van der Waals surface area (Å²) < 4.78 is 5.38. The van der Waals surface area contributed by atoms with E-state index < -0.39 is 0 Å². The summed E-state index contributed by atoms with van der Waals surface area (Å²) in [7, 11) is 0. The van der Waals surface area contributed by atoms with Crippen LogP contribution in [0.25, 0.3) is 0 Å². The van der Waals surface area contributed by atoms with Crippen LogP contribution in [0.5, 0.6) is 0 Å². The molecule has 2 aliphatic heterocycles. The van der Waals surface area contributed by atoms with E-state index in [0.29, 0.717) is 30.5 Å². The van der Waals surface area contributed by atoms with Gasteiger partial charge < -0.3 is 19.9 Å². The van der Waals surface area contributed by atoms with Crippen molar-refractivity contribution in [3.05, 3.63) is 53.1 Å². The predicted molar refractivity (Wildman–Crippen MR) is 115 cm³/mol. The number of aryl methyl sites for hydroxylation is 1. The molecule has 0 aliphatic carbocycles. The van der Waals surface area contributed by atoms with E-state index in [1.807, 2.05) is 43.3 Å². The predicted octanol–water partition coefficient (Wildman–Crippen LogP) is 3.48. The minimum atomic E-state index is -0.388. The van der Waals surface area contributed by atoms with Crippen molar-refractivity contribution in [2.45, 2.75) is 13.3 Å². The van der Waals surface area contributed by atoms with Crippen LogP contribution in [-0.4, -0.2) is 44.7 Å². The van der Waals surface area contributed by atoms with Crippen LogP contribution in [0.15, 0.2) is 42.5 Å². The Morgan fingerprint density at radius 1 is 1.14 bits per heavy atom.